The zero-order valence-electron chi connectivity index (χ0n) is 16.0. The number of benzene rings is 2. The molecule has 1 fully saturated rings. The van der Waals surface area contributed by atoms with Crippen LogP contribution in [0, 0.1) is 0 Å². The smallest absolute Gasteiger partial charge is 0.174 e. The van der Waals surface area contributed by atoms with E-state index in [1.807, 2.05) is 65.4 Å². The van der Waals surface area contributed by atoms with E-state index in [1.54, 1.807) is 6.07 Å². The molecule has 2 heterocycles. The molecule has 3 aromatic rings. The van der Waals surface area contributed by atoms with Gasteiger partial charge in [0, 0.05) is 6.54 Å². The molecule has 0 radical (unpaired) electrons. The first-order valence-electron chi connectivity index (χ1n) is 9.98. The highest BCUT2D eigenvalue weighted by Crippen LogP contribution is 2.27. The number of phenols is 1. The quantitative estimate of drug-likeness (QED) is 0.699. The Morgan fingerprint density at radius 3 is 2.39 bits per heavy atom. The number of phenolic OH excluding ortho intramolecular Hbond substituents is 1. The molecule has 0 saturated carbocycles. The fourth-order valence-electron chi connectivity index (χ4n) is 3.60. The summed E-state index contributed by atoms with van der Waals surface area (Å²) in [6.45, 7) is 4.02. The zero-order chi connectivity index (χ0) is 19.2. The van der Waals surface area contributed by atoms with Gasteiger partial charge in [-0.25, -0.2) is 9.67 Å². The van der Waals surface area contributed by atoms with Crippen molar-refractivity contribution in [1.29, 1.82) is 0 Å². The highest BCUT2D eigenvalue weighted by Gasteiger charge is 2.16. The molecular formula is C23H26N4O. The van der Waals surface area contributed by atoms with E-state index < -0.39 is 0 Å². The largest absolute Gasteiger partial charge is 0.507 e. The Kier molecular flexibility index (Phi) is 5.83. The summed E-state index contributed by atoms with van der Waals surface area (Å²) >= 11 is 0. The lowest BCUT2D eigenvalue weighted by Crippen LogP contribution is -2.32. The van der Waals surface area contributed by atoms with Crippen molar-refractivity contribution >= 4 is 12.2 Å². The highest BCUT2D eigenvalue weighted by atomic mass is 16.3. The number of nitrogens with zero attached hydrogens (tertiary/aromatic N) is 4. The van der Waals surface area contributed by atoms with Crippen LogP contribution in [0.2, 0.25) is 0 Å². The van der Waals surface area contributed by atoms with Crippen molar-refractivity contribution in [2.75, 3.05) is 19.6 Å². The number of rotatable bonds is 6. The summed E-state index contributed by atoms with van der Waals surface area (Å²) in [5, 5.41) is 15.0. The number of hydrogen-bond donors (Lipinski definition) is 1. The molecule has 1 aromatic heterocycles. The number of aromatic hydroxyl groups is 1. The maximum absolute atomic E-state index is 10.3. The Morgan fingerprint density at radius 1 is 0.857 bits per heavy atom. The lowest BCUT2D eigenvalue weighted by Gasteiger charge is -2.26. The summed E-state index contributed by atoms with van der Waals surface area (Å²) in [7, 11) is 0. The summed E-state index contributed by atoms with van der Waals surface area (Å²) < 4.78 is 1.92. The van der Waals surface area contributed by atoms with E-state index in [9.17, 15) is 5.11 Å². The van der Waals surface area contributed by atoms with Gasteiger partial charge < -0.3 is 10.0 Å². The van der Waals surface area contributed by atoms with Gasteiger partial charge in [0.2, 0.25) is 0 Å². The van der Waals surface area contributed by atoms with Crippen molar-refractivity contribution in [3.8, 4) is 17.1 Å². The fraction of sp³-hybridized carbons (Fsp3) is 0.304. The molecule has 5 nitrogen and oxygen atoms in total. The first-order valence-corrected chi connectivity index (χ1v) is 9.98. The molecule has 0 spiro atoms. The predicted molar refractivity (Wildman–Crippen MR) is 113 cm³/mol. The Morgan fingerprint density at radius 2 is 1.61 bits per heavy atom. The molecule has 144 valence electrons. The molecule has 5 heteroatoms. The second kappa shape index (κ2) is 8.85. The monoisotopic (exact) mass is 374 g/mol. The van der Waals surface area contributed by atoms with Crippen molar-refractivity contribution in [2.24, 2.45) is 0 Å². The van der Waals surface area contributed by atoms with Crippen molar-refractivity contribution in [2.45, 2.75) is 25.8 Å². The maximum Gasteiger partial charge on any atom is 0.174 e. The molecule has 0 bridgehead atoms. The van der Waals surface area contributed by atoms with Crippen LogP contribution in [0.25, 0.3) is 23.5 Å². The summed E-state index contributed by atoms with van der Waals surface area (Å²) in [4.78, 5) is 7.19. The van der Waals surface area contributed by atoms with Gasteiger partial charge >= 0.3 is 0 Å². The molecule has 0 unspecified atom stereocenters. The van der Waals surface area contributed by atoms with Gasteiger partial charge in [-0.3, -0.25) is 0 Å². The topological polar surface area (TPSA) is 54.2 Å². The summed E-state index contributed by atoms with van der Waals surface area (Å²) in [6, 6.07) is 17.4. The third-order valence-electron chi connectivity index (χ3n) is 5.13. The second-order valence-corrected chi connectivity index (χ2v) is 7.18. The van der Waals surface area contributed by atoms with Crippen LogP contribution in [0.15, 0.2) is 54.6 Å². The summed E-state index contributed by atoms with van der Waals surface area (Å²) in [5.41, 5.74) is 1.82. The Labute approximate surface area is 166 Å². The third kappa shape index (κ3) is 4.49. The standard InChI is InChI=1S/C23H26N4O/c28-21-12-6-5-11-20(21)23-24-22(14-13-19-9-3-1-4-10-19)25-27(23)18-17-26-15-7-2-8-16-26/h1,3-6,9-14,28H,2,7-8,15-18H2/b14-13+. The Bertz CT molecular complexity index is 927. The van der Waals surface area contributed by atoms with E-state index in [2.05, 4.69) is 4.90 Å². The number of hydrogen-bond acceptors (Lipinski definition) is 4. The number of likely N-dealkylation sites (tertiary alicyclic amines) is 1. The minimum atomic E-state index is 0.229. The molecule has 0 amide bonds. The van der Waals surface area contributed by atoms with Gasteiger partial charge in [0.25, 0.3) is 0 Å². The Hall–Kier alpha value is -2.92. The van der Waals surface area contributed by atoms with Gasteiger partial charge in [-0.15, -0.1) is 0 Å². The normalized spacial score (nSPS) is 15.3. The van der Waals surface area contributed by atoms with Crippen molar-refractivity contribution in [3.63, 3.8) is 0 Å². The van der Waals surface area contributed by atoms with Crippen LogP contribution in [0.3, 0.4) is 0 Å². The van der Waals surface area contributed by atoms with E-state index in [0.29, 0.717) is 17.2 Å². The molecule has 28 heavy (non-hydrogen) atoms. The fourth-order valence-corrected chi connectivity index (χ4v) is 3.60. The molecule has 4 rings (SSSR count). The maximum atomic E-state index is 10.3. The molecule has 1 aliphatic heterocycles. The van der Waals surface area contributed by atoms with Crippen LogP contribution < -0.4 is 0 Å². The lowest BCUT2D eigenvalue weighted by molar-refractivity contribution is 0.218. The van der Waals surface area contributed by atoms with Gasteiger partial charge in [0.05, 0.1) is 12.1 Å². The molecule has 0 atom stereocenters. The molecule has 1 saturated heterocycles. The Balaban J connectivity index is 1.59. The number of piperidine rings is 1. The van der Waals surface area contributed by atoms with Gasteiger partial charge in [-0.2, -0.15) is 5.10 Å². The summed E-state index contributed by atoms with van der Waals surface area (Å²) in [6.07, 6.45) is 7.82. The molecule has 0 aliphatic carbocycles. The van der Waals surface area contributed by atoms with E-state index in [4.69, 9.17) is 10.1 Å². The molecule has 1 N–H and O–H groups in total. The van der Waals surface area contributed by atoms with E-state index in [-0.39, 0.29) is 5.75 Å². The lowest BCUT2D eigenvalue weighted by atomic mass is 10.1. The van der Waals surface area contributed by atoms with E-state index in [1.165, 1.54) is 19.3 Å². The molecular weight excluding hydrogens is 348 g/mol. The van der Waals surface area contributed by atoms with Gasteiger partial charge in [-0.05, 0) is 49.7 Å². The van der Waals surface area contributed by atoms with Gasteiger partial charge in [0.1, 0.15) is 5.75 Å². The van der Waals surface area contributed by atoms with Crippen molar-refractivity contribution < 1.29 is 5.11 Å². The minimum Gasteiger partial charge on any atom is -0.507 e. The van der Waals surface area contributed by atoms with E-state index >= 15 is 0 Å². The minimum absolute atomic E-state index is 0.229. The van der Waals surface area contributed by atoms with Crippen LogP contribution >= 0.6 is 0 Å². The van der Waals surface area contributed by atoms with Crippen LogP contribution in [0.4, 0.5) is 0 Å². The highest BCUT2D eigenvalue weighted by molar-refractivity contribution is 5.69. The predicted octanol–water partition coefficient (Wildman–Crippen LogP) is 4.31. The van der Waals surface area contributed by atoms with Crippen molar-refractivity contribution in [1.82, 2.24) is 19.7 Å². The van der Waals surface area contributed by atoms with Crippen LogP contribution in [-0.4, -0.2) is 44.4 Å². The average Bonchev–Trinajstić information content (AvgIpc) is 3.15. The van der Waals surface area contributed by atoms with E-state index in [0.717, 1.165) is 31.7 Å². The van der Waals surface area contributed by atoms with Crippen LogP contribution in [-0.2, 0) is 6.54 Å². The number of aromatic nitrogens is 3. The molecule has 2 aromatic carbocycles. The second-order valence-electron chi connectivity index (χ2n) is 7.18. The van der Waals surface area contributed by atoms with Crippen LogP contribution in [0.5, 0.6) is 5.75 Å². The van der Waals surface area contributed by atoms with Gasteiger partial charge in [0.15, 0.2) is 11.6 Å². The van der Waals surface area contributed by atoms with Crippen molar-refractivity contribution in [3.05, 3.63) is 66.0 Å². The van der Waals surface area contributed by atoms with Gasteiger partial charge in [-0.1, -0.05) is 55.0 Å². The first-order chi connectivity index (χ1) is 13.8. The molecule has 1 aliphatic rings. The number of para-hydroxylation sites is 1. The van der Waals surface area contributed by atoms with Crippen LogP contribution in [0.1, 0.15) is 30.7 Å². The zero-order valence-corrected chi connectivity index (χ0v) is 16.0. The average molecular weight is 374 g/mol. The SMILES string of the molecule is Oc1ccccc1-c1nc(/C=C/c2ccccc2)nn1CCN1CCCCC1. The third-order valence-corrected chi connectivity index (χ3v) is 5.13. The first kappa shape index (κ1) is 18.4. The summed E-state index contributed by atoms with van der Waals surface area (Å²) in [5.74, 6) is 1.59.